The van der Waals surface area contributed by atoms with Crippen LogP contribution < -0.4 is 4.74 Å². The van der Waals surface area contributed by atoms with E-state index in [4.69, 9.17) is 10.00 Å². The van der Waals surface area contributed by atoms with Gasteiger partial charge in [-0.1, -0.05) is 30.7 Å². The summed E-state index contributed by atoms with van der Waals surface area (Å²) in [6.07, 6.45) is 6.34. The van der Waals surface area contributed by atoms with Crippen LogP contribution in [0.25, 0.3) is 0 Å². The van der Waals surface area contributed by atoms with Crippen LogP contribution in [0.15, 0.2) is 48.5 Å². The van der Waals surface area contributed by atoms with E-state index in [1.807, 2.05) is 30.3 Å². The molecule has 0 aliphatic carbocycles. The predicted octanol–water partition coefficient (Wildman–Crippen LogP) is 4.77. The molecule has 0 N–H and O–H groups in total. The van der Waals surface area contributed by atoms with Crippen LogP contribution in [0, 0.1) is 11.3 Å². The molecule has 1 saturated heterocycles. The van der Waals surface area contributed by atoms with Crippen molar-refractivity contribution in [1.29, 1.82) is 5.26 Å². The molecule has 1 aliphatic rings. The average Bonchev–Trinajstić information content (AvgIpc) is 2.63. The first-order valence-electron chi connectivity index (χ1n) is 8.72. The molecule has 0 amide bonds. The van der Waals surface area contributed by atoms with Gasteiger partial charge in [-0.25, -0.2) is 0 Å². The summed E-state index contributed by atoms with van der Waals surface area (Å²) in [5.74, 6) is 1.38. The van der Waals surface area contributed by atoms with Gasteiger partial charge in [0, 0.05) is 6.04 Å². The van der Waals surface area contributed by atoms with E-state index in [2.05, 4.69) is 30.1 Å². The predicted molar refractivity (Wildman–Crippen MR) is 96.3 cm³/mol. The molecule has 0 radical (unpaired) electrons. The van der Waals surface area contributed by atoms with Crippen molar-refractivity contribution in [3.05, 3.63) is 59.7 Å². The molecule has 0 aromatic heterocycles. The number of hydrogen-bond donors (Lipinski definition) is 0. The summed E-state index contributed by atoms with van der Waals surface area (Å²) in [6.45, 7) is 1.23. The third-order valence-corrected chi connectivity index (χ3v) is 4.85. The highest BCUT2D eigenvalue weighted by Crippen LogP contribution is 2.26. The Balaban J connectivity index is 1.58. The molecule has 2 aromatic carbocycles. The van der Waals surface area contributed by atoms with Gasteiger partial charge in [0.05, 0.1) is 5.56 Å². The minimum atomic E-state index is 0.557. The molecule has 24 heavy (non-hydrogen) atoms. The maximum absolute atomic E-state index is 9.12. The lowest BCUT2D eigenvalue weighted by Gasteiger charge is -2.32. The molecule has 1 heterocycles. The van der Waals surface area contributed by atoms with E-state index in [-0.39, 0.29) is 0 Å². The Morgan fingerprint density at radius 2 is 1.92 bits per heavy atom. The molecule has 3 rings (SSSR count). The molecule has 3 heteroatoms. The quantitative estimate of drug-likeness (QED) is 0.796. The van der Waals surface area contributed by atoms with Gasteiger partial charge < -0.3 is 9.64 Å². The highest BCUT2D eigenvalue weighted by Gasteiger charge is 2.18. The minimum Gasteiger partial charge on any atom is -0.456 e. The monoisotopic (exact) mass is 320 g/mol. The van der Waals surface area contributed by atoms with E-state index in [9.17, 15) is 0 Å². The average molecular weight is 320 g/mol. The Hall–Kier alpha value is -2.31. The summed E-state index contributed by atoms with van der Waals surface area (Å²) in [4.78, 5) is 2.50. The zero-order chi connectivity index (χ0) is 16.8. The van der Waals surface area contributed by atoms with E-state index in [0.717, 1.165) is 18.2 Å². The van der Waals surface area contributed by atoms with Crippen LogP contribution in [-0.2, 0) is 6.42 Å². The van der Waals surface area contributed by atoms with Crippen molar-refractivity contribution in [2.45, 2.75) is 38.1 Å². The number of para-hydroxylation sites is 1. The summed E-state index contributed by atoms with van der Waals surface area (Å²) in [6, 6.07) is 18.4. The minimum absolute atomic E-state index is 0.557. The normalized spacial score (nSPS) is 18.1. The fraction of sp³-hybridized carbons (Fsp3) is 0.381. The zero-order valence-electron chi connectivity index (χ0n) is 14.2. The van der Waals surface area contributed by atoms with Gasteiger partial charge in [0.25, 0.3) is 0 Å². The van der Waals surface area contributed by atoms with Gasteiger partial charge >= 0.3 is 0 Å². The lowest BCUT2D eigenvalue weighted by atomic mass is 9.96. The maximum atomic E-state index is 9.12. The second kappa shape index (κ2) is 7.99. The van der Waals surface area contributed by atoms with Crippen molar-refractivity contribution in [3.8, 4) is 17.6 Å². The van der Waals surface area contributed by atoms with Crippen LogP contribution in [-0.4, -0.2) is 24.5 Å². The Labute approximate surface area is 144 Å². The van der Waals surface area contributed by atoms with Gasteiger partial charge in [-0.15, -0.1) is 0 Å². The number of benzene rings is 2. The summed E-state index contributed by atoms with van der Waals surface area (Å²) in [7, 11) is 2.24. The summed E-state index contributed by atoms with van der Waals surface area (Å²) in [5, 5.41) is 9.12. The van der Waals surface area contributed by atoms with Gasteiger partial charge in [-0.3, -0.25) is 0 Å². The highest BCUT2D eigenvalue weighted by molar-refractivity contribution is 5.45. The Bertz CT molecular complexity index is 703. The smallest absolute Gasteiger partial charge is 0.145 e. The SMILES string of the molecule is CN1CCCCC1CCc1ccc(Oc2ccccc2C#N)cc1. The summed E-state index contributed by atoms with van der Waals surface area (Å²) in [5.41, 5.74) is 1.90. The van der Waals surface area contributed by atoms with Crippen molar-refractivity contribution in [2.24, 2.45) is 0 Å². The zero-order valence-corrected chi connectivity index (χ0v) is 14.2. The Morgan fingerprint density at radius 1 is 1.12 bits per heavy atom. The van der Waals surface area contributed by atoms with Gasteiger partial charge in [0.2, 0.25) is 0 Å². The van der Waals surface area contributed by atoms with Gasteiger partial charge in [-0.05, 0) is 69.1 Å². The van der Waals surface area contributed by atoms with Crippen LogP contribution >= 0.6 is 0 Å². The van der Waals surface area contributed by atoms with Gasteiger partial charge in [0.15, 0.2) is 0 Å². The molecule has 1 unspecified atom stereocenters. The Morgan fingerprint density at radius 3 is 2.67 bits per heavy atom. The third-order valence-electron chi connectivity index (χ3n) is 4.85. The highest BCUT2D eigenvalue weighted by atomic mass is 16.5. The van der Waals surface area contributed by atoms with Crippen molar-refractivity contribution in [2.75, 3.05) is 13.6 Å². The fourth-order valence-corrected chi connectivity index (χ4v) is 3.34. The Kier molecular flexibility index (Phi) is 5.51. The number of hydrogen-bond acceptors (Lipinski definition) is 3. The second-order valence-corrected chi connectivity index (χ2v) is 6.52. The lowest BCUT2D eigenvalue weighted by molar-refractivity contribution is 0.176. The van der Waals surface area contributed by atoms with E-state index < -0.39 is 0 Å². The fourth-order valence-electron chi connectivity index (χ4n) is 3.34. The number of aryl methyl sites for hydroxylation is 1. The largest absolute Gasteiger partial charge is 0.456 e. The first-order chi connectivity index (χ1) is 11.8. The van der Waals surface area contributed by atoms with Crippen molar-refractivity contribution in [1.82, 2.24) is 4.90 Å². The summed E-state index contributed by atoms with van der Waals surface area (Å²) < 4.78 is 5.84. The van der Waals surface area contributed by atoms with Crippen LogP contribution in [0.2, 0.25) is 0 Å². The maximum Gasteiger partial charge on any atom is 0.145 e. The lowest BCUT2D eigenvalue weighted by Crippen LogP contribution is -2.36. The molecule has 124 valence electrons. The number of likely N-dealkylation sites (tertiary alicyclic amines) is 1. The summed E-state index contributed by atoms with van der Waals surface area (Å²) >= 11 is 0. The van der Waals surface area contributed by atoms with Crippen molar-refractivity contribution in [3.63, 3.8) is 0 Å². The molecule has 1 fully saturated rings. The van der Waals surface area contributed by atoms with Crippen LogP contribution in [0.5, 0.6) is 11.5 Å². The third kappa shape index (κ3) is 4.15. The van der Waals surface area contributed by atoms with Crippen molar-refractivity contribution < 1.29 is 4.74 Å². The molecular formula is C21H24N2O. The first-order valence-corrected chi connectivity index (χ1v) is 8.72. The number of piperidine rings is 1. The van der Waals surface area contributed by atoms with Crippen LogP contribution in [0.4, 0.5) is 0 Å². The van der Waals surface area contributed by atoms with E-state index in [1.165, 1.54) is 37.8 Å². The number of nitriles is 1. The number of rotatable bonds is 5. The molecule has 1 atom stereocenters. The van der Waals surface area contributed by atoms with E-state index in [0.29, 0.717) is 11.3 Å². The number of ether oxygens (including phenoxy) is 1. The standard InChI is InChI=1S/C21H24N2O/c1-23-15-5-4-7-19(23)12-9-17-10-13-20(14-11-17)24-21-8-3-2-6-18(21)16-22/h2-3,6,8,10-11,13-14,19H,4-5,7,9,12,15H2,1H3. The first kappa shape index (κ1) is 16.5. The molecular weight excluding hydrogens is 296 g/mol. The van der Waals surface area contributed by atoms with Gasteiger partial charge in [0.1, 0.15) is 17.6 Å². The van der Waals surface area contributed by atoms with Crippen LogP contribution in [0.3, 0.4) is 0 Å². The molecule has 0 saturated carbocycles. The number of nitrogens with zero attached hydrogens (tertiary/aromatic N) is 2. The van der Waals surface area contributed by atoms with E-state index in [1.54, 1.807) is 6.07 Å². The topological polar surface area (TPSA) is 36.3 Å². The molecule has 0 spiro atoms. The van der Waals surface area contributed by atoms with Crippen molar-refractivity contribution >= 4 is 0 Å². The molecule has 3 nitrogen and oxygen atoms in total. The molecule has 0 bridgehead atoms. The second-order valence-electron chi connectivity index (χ2n) is 6.52. The molecule has 2 aromatic rings. The molecule has 1 aliphatic heterocycles. The van der Waals surface area contributed by atoms with Gasteiger partial charge in [-0.2, -0.15) is 5.26 Å². The van der Waals surface area contributed by atoms with E-state index >= 15 is 0 Å². The van der Waals surface area contributed by atoms with Crippen LogP contribution in [0.1, 0.15) is 36.8 Å².